The monoisotopic (exact) mass is 470 g/mol. The Kier molecular flexibility index (Phi) is 7.66. The fourth-order valence-corrected chi connectivity index (χ4v) is 4.30. The molecule has 0 aliphatic carbocycles. The van der Waals surface area contributed by atoms with Gasteiger partial charge in [-0.3, -0.25) is 0 Å². The minimum Gasteiger partial charge on any atom is -0.363 e. The number of thiocarbonyl (C=S) groups is 1. The number of halogens is 1. The lowest BCUT2D eigenvalue weighted by Gasteiger charge is -2.36. The van der Waals surface area contributed by atoms with E-state index in [4.69, 9.17) is 17.3 Å². The number of nitrogens with one attached hydrogen (secondary N) is 1. The largest absolute Gasteiger partial charge is 0.363 e. The van der Waals surface area contributed by atoms with Crippen molar-refractivity contribution in [2.75, 3.05) is 57.3 Å². The van der Waals surface area contributed by atoms with Crippen molar-refractivity contribution >= 4 is 28.8 Å². The highest BCUT2D eigenvalue weighted by atomic mass is 32.1. The Morgan fingerprint density at radius 2 is 1.76 bits per heavy atom. The van der Waals surface area contributed by atoms with Crippen molar-refractivity contribution in [3.63, 3.8) is 0 Å². The van der Waals surface area contributed by atoms with Crippen molar-refractivity contribution in [3.8, 4) is 11.4 Å². The van der Waals surface area contributed by atoms with Gasteiger partial charge in [-0.25, -0.2) is 4.39 Å². The first kappa shape index (κ1) is 23.3. The molecule has 0 saturated carbocycles. The van der Waals surface area contributed by atoms with E-state index in [2.05, 4.69) is 44.1 Å². The van der Waals surface area contributed by atoms with Gasteiger partial charge >= 0.3 is 0 Å². The molecule has 0 unspecified atom stereocenters. The average Bonchev–Trinajstić information content (AvgIpc) is 3.28. The summed E-state index contributed by atoms with van der Waals surface area (Å²) in [6, 6.07) is 10.1. The molecule has 0 bridgehead atoms. The number of hydrogen-bond donors (Lipinski definition) is 1. The van der Waals surface area contributed by atoms with Crippen LogP contribution in [0.25, 0.3) is 17.0 Å². The fourth-order valence-electron chi connectivity index (χ4n) is 4.02. The van der Waals surface area contributed by atoms with E-state index in [0.29, 0.717) is 11.5 Å². The molecule has 3 aromatic rings. The van der Waals surface area contributed by atoms with E-state index in [9.17, 15) is 4.39 Å². The zero-order chi connectivity index (χ0) is 23.2. The Hall–Kier alpha value is -2.85. The standard InChI is InChI=1S/C23H31FN8S/c1-3-29(4-2)13-5-12-25-23(33)31-16-14-30(15-17-31)21-11-10-20-26-27-22(32(20)28-21)18-6-8-19(24)9-7-18/h6-11H,3-5,12-17H2,1-2H3,(H,25,33). The number of benzene rings is 1. The number of nitrogens with zero attached hydrogens (tertiary/aromatic N) is 7. The Bertz CT molecular complexity index is 1060. The summed E-state index contributed by atoms with van der Waals surface area (Å²) < 4.78 is 15.0. The van der Waals surface area contributed by atoms with E-state index in [1.807, 2.05) is 12.1 Å². The summed E-state index contributed by atoms with van der Waals surface area (Å²) in [6.45, 7) is 11.9. The topological polar surface area (TPSA) is 64.8 Å². The van der Waals surface area contributed by atoms with Crippen LogP contribution < -0.4 is 10.2 Å². The third-order valence-corrected chi connectivity index (χ3v) is 6.47. The van der Waals surface area contributed by atoms with Crippen molar-refractivity contribution in [2.45, 2.75) is 20.3 Å². The van der Waals surface area contributed by atoms with Crippen LogP contribution in [0.4, 0.5) is 10.2 Å². The first-order valence-electron chi connectivity index (χ1n) is 11.6. The molecule has 1 saturated heterocycles. The van der Waals surface area contributed by atoms with Gasteiger partial charge in [0.05, 0.1) is 0 Å². The molecule has 1 N–H and O–H groups in total. The van der Waals surface area contributed by atoms with Crippen LogP contribution in [0.3, 0.4) is 0 Å². The van der Waals surface area contributed by atoms with Gasteiger partial charge in [-0.1, -0.05) is 13.8 Å². The molecule has 1 aromatic carbocycles. The van der Waals surface area contributed by atoms with Gasteiger partial charge in [0, 0.05) is 38.3 Å². The second kappa shape index (κ2) is 10.8. The van der Waals surface area contributed by atoms with Gasteiger partial charge in [0.15, 0.2) is 16.6 Å². The molecule has 176 valence electrons. The minimum atomic E-state index is -0.282. The van der Waals surface area contributed by atoms with Crippen molar-refractivity contribution < 1.29 is 4.39 Å². The van der Waals surface area contributed by atoms with Gasteiger partial charge in [-0.2, -0.15) is 4.52 Å². The Morgan fingerprint density at radius 1 is 1.03 bits per heavy atom. The quantitative estimate of drug-likeness (QED) is 0.398. The number of aromatic nitrogens is 4. The van der Waals surface area contributed by atoms with Crippen LogP contribution in [0.1, 0.15) is 20.3 Å². The molecule has 0 radical (unpaired) electrons. The van der Waals surface area contributed by atoms with E-state index in [0.717, 1.165) is 75.3 Å². The maximum absolute atomic E-state index is 13.3. The summed E-state index contributed by atoms with van der Waals surface area (Å²) >= 11 is 5.62. The third kappa shape index (κ3) is 5.56. The zero-order valence-electron chi connectivity index (χ0n) is 19.2. The van der Waals surface area contributed by atoms with Crippen LogP contribution in [-0.2, 0) is 0 Å². The normalized spacial score (nSPS) is 14.3. The van der Waals surface area contributed by atoms with Gasteiger partial charge < -0.3 is 20.0 Å². The molecule has 0 spiro atoms. The van der Waals surface area contributed by atoms with Crippen molar-refractivity contribution in [2.24, 2.45) is 0 Å². The number of anilines is 1. The number of rotatable bonds is 8. The van der Waals surface area contributed by atoms with Crippen molar-refractivity contribution in [1.82, 2.24) is 34.9 Å². The molecule has 4 rings (SSSR count). The molecule has 3 heterocycles. The van der Waals surface area contributed by atoms with Gasteiger partial charge in [-0.05, 0) is 74.7 Å². The molecule has 0 atom stereocenters. The van der Waals surface area contributed by atoms with Crippen LogP contribution in [0.5, 0.6) is 0 Å². The van der Waals surface area contributed by atoms with Crippen molar-refractivity contribution in [1.29, 1.82) is 0 Å². The molecular formula is C23H31FN8S. The van der Waals surface area contributed by atoms with Crippen molar-refractivity contribution in [3.05, 3.63) is 42.2 Å². The molecule has 2 aromatic heterocycles. The minimum absolute atomic E-state index is 0.282. The van der Waals surface area contributed by atoms with E-state index in [1.54, 1.807) is 16.6 Å². The average molecular weight is 471 g/mol. The first-order valence-corrected chi connectivity index (χ1v) is 12.0. The number of hydrogen-bond acceptors (Lipinski definition) is 6. The highest BCUT2D eigenvalue weighted by Gasteiger charge is 2.21. The third-order valence-electron chi connectivity index (χ3n) is 6.06. The van der Waals surface area contributed by atoms with Crippen LogP contribution in [0.15, 0.2) is 36.4 Å². The second-order valence-electron chi connectivity index (χ2n) is 8.08. The summed E-state index contributed by atoms with van der Waals surface area (Å²) in [6.07, 6.45) is 1.08. The SMILES string of the molecule is CCN(CC)CCCNC(=S)N1CCN(c2ccc3nnc(-c4ccc(F)cc4)n3n2)CC1. The lowest BCUT2D eigenvalue weighted by Crippen LogP contribution is -2.52. The lowest BCUT2D eigenvalue weighted by molar-refractivity contribution is 0.299. The van der Waals surface area contributed by atoms with Crippen LogP contribution in [0.2, 0.25) is 0 Å². The summed E-state index contributed by atoms with van der Waals surface area (Å²) in [5.41, 5.74) is 1.43. The predicted molar refractivity (Wildman–Crippen MR) is 133 cm³/mol. The van der Waals surface area contributed by atoms with E-state index in [-0.39, 0.29) is 5.82 Å². The van der Waals surface area contributed by atoms with Gasteiger partial charge in [-0.15, -0.1) is 15.3 Å². The number of piperazine rings is 1. The molecule has 1 fully saturated rings. The highest BCUT2D eigenvalue weighted by Crippen LogP contribution is 2.20. The highest BCUT2D eigenvalue weighted by molar-refractivity contribution is 7.80. The lowest BCUT2D eigenvalue weighted by atomic mass is 10.2. The second-order valence-corrected chi connectivity index (χ2v) is 8.47. The molecule has 33 heavy (non-hydrogen) atoms. The summed E-state index contributed by atoms with van der Waals surface area (Å²) in [4.78, 5) is 6.89. The molecule has 1 aliphatic rings. The smallest absolute Gasteiger partial charge is 0.185 e. The molecule has 10 heteroatoms. The first-order chi connectivity index (χ1) is 16.1. The zero-order valence-corrected chi connectivity index (χ0v) is 20.1. The van der Waals surface area contributed by atoms with Crippen LogP contribution >= 0.6 is 12.2 Å². The molecule has 8 nitrogen and oxygen atoms in total. The van der Waals surface area contributed by atoms with E-state index in [1.165, 1.54) is 12.1 Å². The van der Waals surface area contributed by atoms with E-state index < -0.39 is 0 Å². The Labute approximate surface area is 199 Å². The Balaban J connectivity index is 1.34. The Morgan fingerprint density at radius 3 is 2.45 bits per heavy atom. The van der Waals surface area contributed by atoms with Gasteiger partial charge in [0.25, 0.3) is 0 Å². The summed E-state index contributed by atoms with van der Waals surface area (Å²) in [5, 5.41) is 17.5. The molecule has 1 aliphatic heterocycles. The maximum atomic E-state index is 13.3. The van der Waals surface area contributed by atoms with Crippen LogP contribution in [-0.4, -0.2) is 87.1 Å². The predicted octanol–water partition coefficient (Wildman–Crippen LogP) is 2.66. The van der Waals surface area contributed by atoms with Gasteiger partial charge in [0.1, 0.15) is 11.6 Å². The maximum Gasteiger partial charge on any atom is 0.185 e. The summed E-state index contributed by atoms with van der Waals surface area (Å²) in [7, 11) is 0. The van der Waals surface area contributed by atoms with E-state index >= 15 is 0 Å². The van der Waals surface area contributed by atoms with Gasteiger partial charge in [0.2, 0.25) is 0 Å². The van der Waals surface area contributed by atoms with Crippen LogP contribution in [0, 0.1) is 5.82 Å². The molecular weight excluding hydrogens is 439 g/mol. The molecule has 0 amide bonds. The number of fused-ring (bicyclic) bond motifs is 1. The fraction of sp³-hybridized carbons (Fsp3) is 0.478. The summed E-state index contributed by atoms with van der Waals surface area (Å²) in [5.74, 6) is 1.18.